The van der Waals surface area contributed by atoms with Crippen molar-refractivity contribution in [1.29, 1.82) is 0 Å². The number of aromatic nitrogens is 1. The minimum absolute atomic E-state index is 0.123. The molecule has 0 saturated heterocycles. The third kappa shape index (κ3) is 3.90. The zero-order valence-corrected chi connectivity index (χ0v) is 17.0. The second-order valence-corrected chi connectivity index (χ2v) is 7.40. The van der Waals surface area contributed by atoms with Gasteiger partial charge in [-0.3, -0.25) is 4.79 Å². The Balaban J connectivity index is 1.78. The molecule has 0 aliphatic heterocycles. The zero-order valence-electron chi connectivity index (χ0n) is 17.0. The lowest BCUT2D eigenvalue weighted by molar-refractivity contribution is 0.102. The molecule has 1 aromatic heterocycles. The molecular formula is C26H24N2O. The monoisotopic (exact) mass is 380 g/mol. The third-order valence-corrected chi connectivity index (χ3v) is 5.25. The number of carbonyl (C=O) groups excluding carboxylic acids is 1. The number of fused-ring (bicyclic) bond motifs is 1. The smallest absolute Gasteiger partial charge is 0.256 e. The quantitative estimate of drug-likeness (QED) is 0.449. The molecule has 0 radical (unpaired) electrons. The standard InChI is InChI=1S/C26H24N2O/c1-4-19-10-12-20(13-11-19)25-16-22(21-7-5-6-8-24(21)27-25)26(29)28-23-14-9-17(2)15-18(23)3/h5-16H,4H2,1-3H3,(H,28,29). The van der Waals surface area contributed by atoms with E-state index >= 15 is 0 Å². The Morgan fingerprint density at radius 2 is 1.69 bits per heavy atom. The molecule has 29 heavy (non-hydrogen) atoms. The van der Waals surface area contributed by atoms with Gasteiger partial charge in [-0.05, 0) is 49.6 Å². The minimum Gasteiger partial charge on any atom is -0.322 e. The summed E-state index contributed by atoms with van der Waals surface area (Å²) in [4.78, 5) is 18.0. The minimum atomic E-state index is -0.123. The van der Waals surface area contributed by atoms with Gasteiger partial charge in [-0.1, -0.05) is 67.1 Å². The number of aryl methyl sites for hydroxylation is 3. The molecule has 4 rings (SSSR count). The van der Waals surface area contributed by atoms with Gasteiger partial charge >= 0.3 is 0 Å². The van der Waals surface area contributed by atoms with E-state index < -0.39 is 0 Å². The highest BCUT2D eigenvalue weighted by molar-refractivity contribution is 6.13. The van der Waals surface area contributed by atoms with Crippen molar-refractivity contribution in [3.05, 3.63) is 95.1 Å². The van der Waals surface area contributed by atoms with E-state index in [-0.39, 0.29) is 5.91 Å². The van der Waals surface area contributed by atoms with E-state index in [9.17, 15) is 4.79 Å². The first kappa shape index (κ1) is 18.9. The molecule has 0 fully saturated rings. The lowest BCUT2D eigenvalue weighted by Crippen LogP contribution is -2.14. The molecule has 3 aromatic carbocycles. The van der Waals surface area contributed by atoms with E-state index in [1.807, 2.05) is 56.3 Å². The summed E-state index contributed by atoms with van der Waals surface area (Å²) in [6, 6.07) is 24.1. The van der Waals surface area contributed by atoms with Crippen LogP contribution in [0, 0.1) is 13.8 Å². The number of anilines is 1. The molecule has 0 atom stereocenters. The predicted octanol–water partition coefficient (Wildman–Crippen LogP) is 6.33. The van der Waals surface area contributed by atoms with Gasteiger partial charge in [0.05, 0.1) is 16.8 Å². The summed E-state index contributed by atoms with van der Waals surface area (Å²) in [5.41, 5.74) is 7.59. The van der Waals surface area contributed by atoms with E-state index in [0.29, 0.717) is 5.56 Å². The summed E-state index contributed by atoms with van der Waals surface area (Å²) in [5, 5.41) is 3.93. The van der Waals surface area contributed by atoms with Crippen LogP contribution in [0.25, 0.3) is 22.2 Å². The van der Waals surface area contributed by atoms with Gasteiger partial charge < -0.3 is 5.32 Å². The molecule has 0 aliphatic rings. The second kappa shape index (κ2) is 7.88. The van der Waals surface area contributed by atoms with Gasteiger partial charge in [-0.2, -0.15) is 0 Å². The van der Waals surface area contributed by atoms with Crippen LogP contribution in [0.15, 0.2) is 72.8 Å². The normalized spacial score (nSPS) is 10.9. The van der Waals surface area contributed by atoms with Crippen molar-refractivity contribution in [3.8, 4) is 11.3 Å². The van der Waals surface area contributed by atoms with E-state index in [1.165, 1.54) is 11.1 Å². The Bertz CT molecular complexity index is 1190. The predicted molar refractivity (Wildman–Crippen MR) is 120 cm³/mol. The number of hydrogen-bond donors (Lipinski definition) is 1. The fourth-order valence-corrected chi connectivity index (χ4v) is 3.57. The first-order valence-corrected chi connectivity index (χ1v) is 9.93. The summed E-state index contributed by atoms with van der Waals surface area (Å²) in [7, 11) is 0. The molecule has 3 heteroatoms. The van der Waals surface area contributed by atoms with Crippen molar-refractivity contribution in [3.63, 3.8) is 0 Å². The molecule has 0 unspecified atom stereocenters. The van der Waals surface area contributed by atoms with Crippen LogP contribution in [-0.2, 0) is 6.42 Å². The van der Waals surface area contributed by atoms with Crippen molar-refractivity contribution in [2.24, 2.45) is 0 Å². The van der Waals surface area contributed by atoms with E-state index in [0.717, 1.165) is 39.8 Å². The van der Waals surface area contributed by atoms with Crippen LogP contribution in [0.1, 0.15) is 34.0 Å². The van der Waals surface area contributed by atoms with Gasteiger partial charge in [0.25, 0.3) is 5.91 Å². The molecule has 1 N–H and O–H groups in total. The number of nitrogens with zero attached hydrogens (tertiary/aromatic N) is 1. The van der Waals surface area contributed by atoms with Crippen LogP contribution in [0.3, 0.4) is 0 Å². The molecule has 1 amide bonds. The number of carbonyl (C=O) groups is 1. The second-order valence-electron chi connectivity index (χ2n) is 7.40. The highest BCUT2D eigenvalue weighted by atomic mass is 16.1. The number of rotatable bonds is 4. The van der Waals surface area contributed by atoms with Crippen molar-refractivity contribution in [1.82, 2.24) is 4.98 Å². The molecule has 0 saturated carbocycles. The van der Waals surface area contributed by atoms with Gasteiger partial charge in [0.1, 0.15) is 0 Å². The first-order valence-electron chi connectivity index (χ1n) is 9.93. The molecule has 1 heterocycles. The van der Waals surface area contributed by atoms with Crippen LogP contribution in [0.4, 0.5) is 5.69 Å². The van der Waals surface area contributed by atoms with E-state index in [1.54, 1.807) is 0 Å². The van der Waals surface area contributed by atoms with Crippen LogP contribution in [-0.4, -0.2) is 10.9 Å². The van der Waals surface area contributed by atoms with Crippen LogP contribution in [0.5, 0.6) is 0 Å². The van der Waals surface area contributed by atoms with Gasteiger partial charge in [-0.15, -0.1) is 0 Å². The largest absolute Gasteiger partial charge is 0.322 e. The maximum absolute atomic E-state index is 13.2. The van der Waals surface area contributed by atoms with Gasteiger partial charge in [0, 0.05) is 16.6 Å². The van der Waals surface area contributed by atoms with E-state index in [4.69, 9.17) is 4.98 Å². The van der Waals surface area contributed by atoms with Crippen LogP contribution >= 0.6 is 0 Å². The summed E-state index contributed by atoms with van der Waals surface area (Å²) in [6.45, 7) is 6.19. The highest BCUT2D eigenvalue weighted by Crippen LogP contribution is 2.26. The average Bonchev–Trinajstić information content (AvgIpc) is 2.75. The van der Waals surface area contributed by atoms with Crippen LogP contribution in [0.2, 0.25) is 0 Å². The van der Waals surface area contributed by atoms with E-state index in [2.05, 4.69) is 42.6 Å². The molecular weight excluding hydrogens is 356 g/mol. The van der Waals surface area contributed by atoms with Gasteiger partial charge in [0.15, 0.2) is 0 Å². The van der Waals surface area contributed by atoms with Crippen LogP contribution < -0.4 is 5.32 Å². The molecule has 0 spiro atoms. The number of para-hydroxylation sites is 1. The Labute approximate surface area is 171 Å². The summed E-state index contributed by atoms with van der Waals surface area (Å²) in [5.74, 6) is -0.123. The Hall–Kier alpha value is -3.46. The van der Waals surface area contributed by atoms with Crippen molar-refractivity contribution in [2.75, 3.05) is 5.32 Å². The first-order chi connectivity index (χ1) is 14.0. The molecule has 0 aliphatic carbocycles. The van der Waals surface area contributed by atoms with Crippen molar-refractivity contribution in [2.45, 2.75) is 27.2 Å². The SMILES string of the molecule is CCc1ccc(-c2cc(C(=O)Nc3ccc(C)cc3C)c3ccccc3n2)cc1. The number of benzene rings is 3. The van der Waals surface area contributed by atoms with Crippen molar-refractivity contribution >= 4 is 22.5 Å². The summed E-state index contributed by atoms with van der Waals surface area (Å²) < 4.78 is 0. The fraction of sp³-hybridized carbons (Fsp3) is 0.154. The maximum atomic E-state index is 13.2. The maximum Gasteiger partial charge on any atom is 0.256 e. The van der Waals surface area contributed by atoms with Gasteiger partial charge in [-0.25, -0.2) is 4.98 Å². The summed E-state index contributed by atoms with van der Waals surface area (Å²) in [6.07, 6.45) is 0.995. The Morgan fingerprint density at radius 3 is 2.41 bits per heavy atom. The zero-order chi connectivity index (χ0) is 20.4. The number of hydrogen-bond acceptors (Lipinski definition) is 2. The lowest BCUT2D eigenvalue weighted by Gasteiger charge is -2.12. The van der Waals surface area contributed by atoms with Gasteiger partial charge in [0.2, 0.25) is 0 Å². The Kier molecular flexibility index (Phi) is 5.13. The molecule has 4 aromatic rings. The Morgan fingerprint density at radius 1 is 0.931 bits per heavy atom. The molecule has 0 bridgehead atoms. The fourth-order valence-electron chi connectivity index (χ4n) is 3.57. The number of amides is 1. The molecule has 144 valence electrons. The summed E-state index contributed by atoms with van der Waals surface area (Å²) >= 11 is 0. The number of nitrogens with one attached hydrogen (secondary N) is 1. The lowest BCUT2D eigenvalue weighted by atomic mass is 10.0. The topological polar surface area (TPSA) is 42.0 Å². The van der Waals surface area contributed by atoms with Crippen molar-refractivity contribution < 1.29 is 4.79 Å². The third-order valence-electron chi connectivity index (χ3n) is 5.25. The number of pyridine rings is 1. The highest BCUT2D eigenvalue weighted by Gasteiger charge is 2.15. The molecule has 3 nitrogen and oxygen atoms in total. The average molecular weight is 380 g/mol.